The monoisotopic (exact) mass is 593 g/mol. The van der Waals surface area contributed by atoms with Gasteiger partial charge in [0.05, 0.1) is 7.11 Å². The second-order valence-electron chi connectivity index (χ2n) is 9.33. The van der Waals surface area contributed by atoms with E-state index in [4.69, 9.17) is 20.4 Å². The van der Waals surface area contributed by atoms with E-state index in [2.05, 4.69) is 26.4 Å². The van der Waals surface area contributed by atoms with Gasteiger partial charge in [-0.3, -0.25) is 19.6 Å². The van der Waals surface area contributed by atoms with Crippen molar-refractivity contribution in [2.24, 2.45) is 11.7 Å². The summed E-state index contributed by atoms with van der Waals surface area (Å²) in [5.41, 5.74) is 5.82. The van der Waals surface area contributed by atoms with E-state index in [9.17, 15) is 22.8 Å². The van der Waals surface area contributed by atoms with E-state index in [-0.39, 0.29) is 34.0 Å². The summed E-state index contributed by atoms with van der Waals surface area (Å²) in [4.78, 5) is 43.2. The molecular formula is C28H27N5O8S. The number of hydrogen-bond acceptors (Lipinski definition) is 9. The molecule has 0 bridgehead atoms. The largest absolute Gasteiger partial charge is 0.496 e. The Morgan fingerprint density at radius 2 is 1.81 bits per heavy atom. The molecular weight excluding hydrogens is 566 g/mol. The van der Waals surface area contributed by atoms with Gasteiger partial charge in [-0.2, -0.15) is 8.42 Å². The maximum absolute atomic E-state index is 13.5. The van der Waals surface area contributed by atoms with Crippen molar-refractivity contribution in [1.82, 2.24) is 10.3 Å². The fraction of sp³-hybridized carbons (Fsp3) is 0.179. The average molecular weight is 594 g/mol. The Bertz CT molecular complexity index is 1700. The number of amidine groups is 1. The number of carbonyl (C=O) groups is 3. The lowest BCUT2D eigenvalue weighted by Crippen LogP contribution is -2.27. The van der Waals surface area contributed by atoms with Gasteiger partial charge in [0, 0.05) is 40.0 Å². The summed E-state index contributed by atoms with van der Waals surface area (Å²) < 4.78 is 41.5. The standard InChI is InChI=1S/C28H27N5O8S/c1-3-16-12-21(26(34)32-18-8-6-17(7-9-18)25(29)30)20(13-23(16)40-2)19-10-11-22(27(35)31-14-15-4-5-15)33-24(19)28(36)41-42(37,38)39/h3,6-13,15H,1,4-5,14H2,2H3,(H3,29,30)(H,31,35)(H,32,34)(H,37,38,39). The van der Waals surface area contributed by atoms with Gasteiger partial charge in [-0.05, 0) is 67.3 Å². The number of rotatable bonds is 11. The van der Waals surface area contributed by atoms with Crippen LogP contribution >= 0.6 is 0 Å². The molecule has 4 rings (SSSR count). The minimum Gasteiger partial charge on any atom is -0.496 e. The quantitative estimate of drug-likeness (QED) is 0.125. The van der Waals surface area contributed by atoms with Crippen LogP contribution in [-0.4, -0.2) is 55.2 Å². The number of nitrogens with zero attached hydrogens (tertiary/aromatic N) is 1. The zero-order valence-electron chi connectivity index (χ0n) is 22.3. The van der Waals surface area contributed by atoms with E-state index >= 15 is 0 Å². The topological polar surface area (TPSA) is 211 Å². The van der Waals surface area contributed by atoms with Gasteiger partial charge < -0.3 is 25.3 Å². The number of benzene rings is 2. The Hall–Kier alpha value is -5.08. The summed E-state index contributed by atoms with van der Waals surface area (Å²) >= 11 is 0. The number of nitrogens with two attached hydrogens (primary N) is 1. The van der Waals surface area contributed by atoms with E-state index in [0.29, 0.717) is 29.3 Å². The van der Waals surface area contributed by atoms with Gasteiger partial charge in [0.25, 0.3) is 11.8 Å². The number of nitrogens with one attached hydrogen (secondary N) is 3. The van der Waals surface area contributed by atoms with E-state index in [0.717, 1.165) is 12.8 Å². The second kappa shape index (κ2) is 12.2. The molecule has 0 radical (unpaired) electrons. The maximum Gasteiger partial charge on any atom is 0.449 e. The molecule has 0 atom stereocenters. The second-order valence-corrected chi connectivity index (χ2v) is 10.4. The molecule has 218 valence electrons. The van der Waals surface area contributed by atoms with Crippen molar-refractivity contribution in [2.75, 3.05) is 19.0 Å². The number of ether oxygens (including phenoxy) is 1. The number of anilines is 1. The van der Waals surface area contributed by atoms with Crippen molar-refractivity contribution in [3.05, 3.63) is 83.2 Å². The van der Waals surface area contributed by atoms with E-state index in [1.165, 1.54) is 49.6 Å². The molecule has 1 heterocycles. The van der Waals surface area contributed by atoms with Crippen LogP contribution in [0.1, 0.15) is 55.3 Å². The molecule has 14 heteroatoms. The van der Waals surface area contributed by atoms with Gasteiger partial charge in [-0.25, -0.2) is 9.78 Å². The molecule has 2 aromatic carbocycles. The molecule has 1 fully saturated rings. The van der Waals surface area contributed by atoms with Crippen LogP contribution in [0.3, 0.4) is 0 Å². The SMILES string of the molecule is C=Cc1cc(C(=O)Nc2ccc(C(=N)N)cc2)c(-c2ccc(C(=O)NCC3CC3)nc2C(=O)OS(=O)(=O)O)cc1OC. The minimum absolute atomic E-state index is 0.00464. The average Bonchev–Trinajstić information content (AvgIpc) is 3.79. The first-order chi connectivity index (χ1) is 19.9. The van der Waals surface area contributed by atoms with Crippen LogP contribution in [0.5, 0.6) is 5.75 Å². The van der Waals surface area contributed by atoms with Crippen molar-refractivity contribution in [2.45, 2.75) is 12.8 Å². The number of aromatic nitrogens is 1. The molecule has 0 aliphatic heterocycles. The van der Waals surface area contributed by atoms with Gasteiger partial charge in [0.1, 0.15) is 17.3 Å². The Kier molecular flexibility index (Phi) is 8.68. The highest BCUT2D eigenvalue weighted by Crippen LogP contribution is 2.35. The van der Waals surface area contributed by atoms with Crippen LogP contribution in [0.2, 0.25) is 0 Å². The normalized spacial score (nSPS) is 12.6. The van der Waals surface area contributed by atoms with Crippen LogP contribution in [-0.2, 0) is 14.6 Å². The molecule has 1 aromatic heterocycles. The molecule has 0 unspecified atom stereocenters. The first-order valence-corrected chi connectivity index (χ1v) is 13.9. The van der Waals surface area contributed by atoms with Crippen molar-refractivity contribution >= 4 is 45.8 Å². The predicted molar refractivity (Wildman–Crippen MR) is 154 cm³/mol. The highest BCUT2D eigenvalue weighted by atomic mass is 32.3. The highest BCUT2D eigenvalue weighted by molar-refractivity contribution is 7.81. The number of hydrogen-bond donors (Lipinski definition) is 5. The zero-order valence-corrected chi connectivity index (χ0v) is 23.2. The molecule has 6 N–H and O–H groups in total. The lowest BCUT2D eigenvalue weighted by molar-refractivity contribution is 0.0721. The smallest absolute Gasteiger partial charge is 0.449 e. The van der Waals surface area contributed by atoms with Gasteiger partial charge in [-0.1, -0.05) is 12.7 Å². The molecule has 3 aromatic rings. The van der Waals surface area contributed by atoms with Crippen LogP contribution in [0, 0.1) is 11.3 Å². The minimum atomic E-state index is -5.25. The number of methoxy groups -OCH3 is 1. The fourth-order valence-corrected chi connectivity index (χ4v) is 4.29. The lowest BCUT2D eigenvalue weighted by Gasteiger charge is -2.17. The zero-order chi connectivity index (χ0) is 30.6. The van der Waals surface area contributed by atoms with Gasteiger partial charge in [0.15, 0.2) is 5.69 Å². The number of carbonyl (C=O) groups excluding carboxylic acids is 3. The Morgan fingerprint density at radius 1 is 1.12 bits per heavy atom. The van der Waals surface area contributed by atoms with E-state index < -0.39 is 33.9 Å². The molecule has 0 spiro atoms. The lowest BCUT2D eigenvalue weighted by atomic mass is 9.94. The molecule has 42 heavy (non-hydrogen) atoms. The predicted octanol–water partition coefficient (Wildman–Crippen LogP) is 3.04. The summed E-state index contributed by atoms with van der Waals surface area (Å²) in [6.07, 6.45) is 3.40. The molecule has 1 aliphatic rings. The number of amides is 2. The van der Waals surface area contributed by atoms with Crippen LogP contribution < -0.4 is 21.1 Å². The van der Waals surface area contributed by atoms with Gasteiger partial charge in [0.2, 0.25) is 0 Å². The summed E-state index contributed by atoms with van der Waals surface area (Å²) in [6.45, 7) is 4.14. The molecule has 0 saturated heterocycles. The molecule has 1 aliphatic carbocycles. The number of nitrogen functional groups attached to an aromatic ring is 1. The number of pyridine rings is 1. The van der Waals surface area contributed by atoms with Gasteiger partial charge >= 0.3 is 16.4 Å². The highest BCUT2D eigenvalue weighted by Gasteiger charge is 2.28. The van der Waals surface area contributed by atoms with Crippen LogP contribution in [0.15, 0.2) is 55.1 Å². The molecule has 2 amide bonds. The molecule has 13 nitrogen and oxygen atoms in total. The van der Waals surface area contributed by atoms with E-state index in [1.807, 2.05) is 0 Å². The van der Waals surface area contributed by atoms with Gasteiger partial charge in [-0.15, -0.1) is 0 Å². The van der Waals surface area contributed by atoms with E-state index in [1.54, 1.807) is 12.1 Å². The third-order valence-corrected chi connectivity index (χ3v) is 6.69. The fourth-order valence-electron chi connectivity index (χ4n) is 4.02. The third-order valence-electron chi connectivity index (χ3n) is 6.33. The summed E-state index contributed by atoms with van der Waals surface area (Å²) in [5, 5.41) is 12.9. The van der Waals surface area contributed by atoms with Crippen molar-refractivity contribution < 1.29 is 36.3 Å². The van der Waals surface area contributed by atoms with Crippen molar-refractivity contribution in [1.29, 1.82) is 5.41 Å². The Morgan fingerprint density at radius 3 is 2.38 bits per heavy atom. The first-order valence-electron chi connectivity index (χ1n) is 12.5. The Labute approximate surface area is 241 Å². The van der Waals surface area contributed by atoms with Crippen LogP contribution in [0.4, 0.5) is 5.69 Å². The molecule has 1 saturated carbocycles. The van der Waals surface area contributed by atoms with Crippen molar-refractivity contribution in [3.63, 3.8) is 0 Å². The first kappa shape index (κ1) is 29.9. The summed E-state index contributed by atoms with van der Waals surface area (Å²) in [6, 6.07) is 11.6. The Balaban J connectivity index is 1.83. The third kappa shape index (κ3) is 7.16. The summed E-state index contributed by atoms with van der Waals surface area (Å²) in [5.74, 6) is -2.38. The summed E-state index contributed by atoms with van der Waals surface area (Å²) in [7, 11) is -3.87. The maximum atomic E-state index is 13.5. The van der Waals surface area contributed by atoms with Crippen molar-refractivity contribution in [3.8, 4) is 16.9 Å². The van der Waals surface area contributed by atoms with Crippen LogP contribution in [0.25, 0.3) is 17.2 Å².